The van der Waals surface area contributed by atoms with Gasteiger partial charge in [-0.25, -0.2) is 0 Å². The van der Waals surface area contributed by atoms with Gasteiger partial charge < -0.3 is 15.0 Å². The van der Waals surface area contributed by atoms with Gasteiger partial charge in [-0.15, -0.1) is 11.8 Å². The number of aromatic amines is 1. The number of fused-ring (bicyclic) bond motifs is 9. The fraction of sp³-hybridized carbons (Fsp3) is 0.294. The molecule has 0 radical (unpaired) electrons. The zero-order valence-electron chi connectivity index (χ0n) is 23.8. The molecular weight excluding hydrogens is 595 g/mol. The smallest absolute Gasteiger partial charge is 0.305 e. The van der Waals surface area contributed by atoms with Crippen molar-refractivity contribution in [3.8, 4) is 5.75 Å². The largest absolute Gasteiger partial charge is 0.483 e. The third-order valence-corrected chi connectivity index (χ3v) is 12.3. The second-order valence-electron chi connectivity index (χ2n) is 12.0. The average molecular weight is 624 g/mol. The Hall–Kier alpha value is -4.15. The van der Waals surface area contributed by atoms with Gasteiger partial charge in [0.05, 0.1) is 22.5 Å². The molecule has 4 aliphatic rings. The lowest BCUT2D eigenvalue weighted by Gasteiger charge is -2.43. The first-order valence-corrected chi connectivity index (χ1v) is 16.5. The van der Waals surface area contributed by atoms with Crippen molar-refractivity contribution in [2.24, 2.45) is 29.6 Å². The van der Waals surface area contributed by atoms with Crippen molar-refractivity contribution in [3.05, 3.63) is 105 Å². The van der Waals surface area contributed by atoms with E-state index in [2.05, 4.69) is 10.3 Å². The van der Waals surface area contributed by atoms with E-state index in [1.165, 1.54) is 16.2 Å². The summed E-state index contributed by atoms with van der Waals surface area (Å²) in [5, 5.41) is 3.75. The number of para-hydroxylation sites is 2. The second kappa shape index (κ2) is 10.5. The summed E-state index contributed by atoms with van der Waals surface area (Å²) in [6, 6.07) is 24.5. The molecule has 7 atom stereocenters. The Kier molecular flexibility index (Phi) is 6.53. The molecular formula is C34H29N3O5S2. The highest BCUT2D eigenvalue weighted by Crippen LogP contribution is 2.69. The molecule has 0 spiro atoms. The molecule has 222 valence electrons. The van der Waals surface area contributed by atoms with Gasteiger partial charge in [-0.1, -0.05) is 65.4 Å². The predicted octanol–water partition coefficient (Wildman–Crippen LogP) is 5.44. The average Bonchev–Trinajstić information content (AvgIpc) is 3.76. The summed E-state index contributed by atoms with van der Waals surface area (Å²) < 4.78 is 6.15. The van der Waals surface area contributed by atoms with Crippen LogP contribution in [-0.4, -0.2) is 34.6 Å². The normalized spacial score (nSPS) is 28.0. The molecule has 2 aliphatic carbocycles. The Labute approximate surface area is 261 Å². The SMILES string of the molecule is Cc1ccc(N2C(=O)C3C4CC(C3C2=O)C2C4Sc3[nH]c(=O)sc3[C@@H]2c2ccccc2OCC(=O)Nc2ccccc2)cc1. The lowest BCUT2D eigenvalue weighted by Crippen LogP contribution is -2.42. The molecule has 3 amide bonds. The summed E-state index contributed by atoms with van der Waals surface area (Å²) in [5.41, 5.74) is 3.28. The first-order valence-electron chi connectivity index (χ1n) is 14.8. The molecule has 2 N–H and O–H groups in total. The number of aryl methyl sites for hydroxylation is 1. The van der Waals surface area contributed by atoms with Gasteiger partial charge in [0.1, 0.15) is 5.75 Å². The Morgan fingerprint density at radius 1 is 0.932 bits per heavy atom. The number of amides is 3. The zero-order valence-corrected chi connectivity index (χ0v) is 25.4. The van der Waals surface area contributed by atoms with E-state index in [0.717, 1.165) is 27.5 Å². The number of benzene rings is 3. The number of carbonyl (C=O) groups is 3. The molecule has 1 aromatic heterocycles. The molecule has 1 saturated heterocycles. The van der Waals surface area contributed by atoms with E-state index in [0.29, 0.717) is 17.1 Å². The monoisotopic (exact) mass is 623 g/mol. The molecule has 8 rings (SSSR count). The number of ether oxygens (including phenoxy) is 1. The van der Waals surface area contributed by atoms with Crippen LogP contribution in [0.5, 0.6) is 5.75 Å². The van der Waals surface area contributed by atoms with Crippen LogP contribution in [0.25, 0.3) is 0 Å². The van der Waals surface area contributed by atoms with Crippen LogP contribution in [0.4, 0.5) is 11.4 Å². The molecule has 4 aromatic rings. The van der Waals surface area contributed by atoms with Crippen LogP contribution in [0, 0.1) is 36.5 Å². The Balaban J connectivity index is 1.13. The summed E-state index contributed by atoms with van der Waals surface area (Å²) in [5.74, 6) is -0.836. The number of rotatable bonds is 6. The Morgan fingerprint density at radius 2 is 1.64 bits per heavy atom. The molecule has 2 aliphatic heterocycles. The van der Waals surface area contributed by atoms with Gasteiger partial charge in [-0.3, -0.25) is 24.1 Å². The van der Waals surface area contributed by atoms with Crippen LogP contribution < -0.4 is 19.8 Å². The summed E-state index contributed by atoms with van der Waals surface area (Å²) >= 11 is 2.85. The number of hydrogen-bond acceptors (Lipinski definition) is 7. The molecule has 3 fully saturated rings. The number of imide groups is 1. The van der Waals surface area contributed by atoms with Crippen LogP contribution in [0.15, 0.2) is 88.7 Å². The van der Waals surface area contributed by atoms with E-state index in [1.54, 1.807) is 11.8 Å². The standard InChI is InChI=1S/C34H29N3O5S2/c1-17-11-13-19(14-12-17)37-32(39)27-21-15-22(28(27)33(37)40)29-26(21)25(30-31(43-29)36-34(41)44-30)20-9-5-6-10-23(20)42-16-24(38)35-18-7-3-2-4-8-18/h2-14,21-22,25-29H,15-16H2,1H3,(H,35,38)(H,36,41)/t21?,22?,25-,26?,27?,28?,29?/m1/s1. The van der Waals surface area contributed by atoms with Crippen molar-refractivity contribution >= 4 is 52.2 Å². The minimum atomic E-state index is -0.389. The Morgan fingerprint density at radius 3 is 2.41 bits per heavy atom. The molecule has 8 nitrogen and oxygen atoms in total. The van der Waals surface area contributed by atoms with Crippen molar-refractivity contribution in [2.75, 3.05) is 16.8 Å². The van der Waals surface area contributed by atoms with Crippen LogP contribution in [0.3, 0.4) is 0 Å². The van der Waals surface area contributed by atoms with Crippen LogP contribution in [0.2, 0.25) is 0 Å². The highest BCUT2D eigenvalue weighted by molar-refractivity contribution is 8.00. The number of thiazole rings is 1. The minimum absolute atomic E-state index is 0.0146. The maximum absolute atomic E-state index is 14.0. The van der Waals surface area contributed by atoms with Gasteiger partial charge in [-0.2, -0.15) is 0 Å². The third-order valence-electron chi connectivity index (χ3n) is 9.69. The number of carbonyl (C=O) groups excluding carboxylic acids is 3. The van der Waals surface area contributed by atoms with Crippen molar-refractivity contribution in [1.82, 2.24) is 4.98 Å². The fourth-order valence-electron chi connectivity index (χ4n) is 8.04. The lowest BCUT2D eigenvalue weighted by atomic mass is 9.68. The van der Waals surface area contributed by atoms with E-state index < -0.39 is 0 Å². The summed E-state index contributed by atoms with van der Waals surface area (Å²) in [7, 11) is 0. The quantitative estimate of drug-likeness (QED) is 0.277. The Bertz CT molecular complexity index is 1850. The minimum Gasteiger partial charge on any atom is -0.483 e. The molecule has 2 saturated carbocycles. The fourth-order valence-corrected chi connectivity index (χ4v) is 10.9. The van der Waals surface area contributed by atoms with Crippen LogP contribution in [-0.2, 0) is 14.4 Å². The van der Waals surface area contributed by atoms with Crippen molar-refractivity contribution in [3.63, 3.8) is 0 Å². The lowest BCUT2D eigenvalue weighted by molar-refractivity contribution is -0.123. The van der Waals surface area contributed by atoms with E-state index >= 15 is 0 Å². The first kappa shape index (κ1) is 27.4. The topological polar surface area (TPSA) is 109 Å². The molecule has 6 unspecified atom stereocenters. The zero-order chi connectivity index (χ0) is 30.1. The van der Waals surface area contributed by atoms with Gasteiger partial charge in [0.2, 0.25) is 11.8 Å². The molecule has 10 heteroatoms. The van der Waals surface area contributed by atoms with Crippen LogP contribution in [0.1, 0.15) is 28.3 Å². The van der Waals surface area contributed by atoms with Gasteiger partial charge in [0.15, 0.2) is 6.61 Å². The van der Waals surface area contributed by atoms with Gasteiger partial charge in [0.25, 0.3) is 5.91 Å². The number of H-pyrrole nitrogens is 1. The number of nitrogens with zero attached hydrogens (tertiary/aromatic N) is 1. The third kappa shape index (κ3) is 4.26. The molecule has 2 bridgehead atoms. The van der Waals surface area contributed by atoms with Crippen molar-refractivity contribution in [2.45, 2.75) is 29.5 Å². The van der Waals surface area contributed by atoms with E-state index in [9.17, 15) is 19.2 Å². The van der Waals surface area contributed by atoms with Gasteiger partial charge >= 0.3 is 4.87 Å². The van der Waals surface area contributed by atoms with E-state index in [1.807, 2.05) is 85.8 Å². The van der Waals surface area contributed by atoms with E-state index in [-0.39, 0.29) is 70.0 Å². The highest BCUT2D eigenvalue weighted by atomic mass is 32.2. The first-order chi connectivity index (χ1) is 21.4. The summed E-state index contributed by atoms with van der Waals surface area (Å²) in [4.78, 5) is 58.6. The van der Waals surface area contributed by atoms with Crippen LogP contribution >= 0.6 is 23.1 Å². The number of thioether (sulfide) groups is 1. The molecule has 44 heavy (non-hydrogen) atoms. The second-order valence-corrected chi connectivity index (χ2v) is 14.3. The maximum atomic E-state index is 14.0. The van der Waals surface area contributed by atoms with Gasteiger partial charge in [-0.05, 0) is 61.4 Å². The van der Waals surface area contributed by atoms with Crippen molar-refractivity contribution < 1.29 is 19.1 Å². The molecule has 3 heterocycles. The number of anilines is 2. The highest BCUT2D eigenvalue weighted by Gasteiger charge is 2.69. The maximum Gasteiger partial charge on any atom is 0.305 e. The summed E-state index contributed by atoms with van der Waals surface area (Å²) in [6.07, 6.45) is 0.801. The van der Waals surface area contributed by atoms with E-state index in [4.69, 9.17) is 4.74 Å². The molecule has 3 aromatic carbocycles. The van der Waals surface area contributed by atoms with Crippen molar-refractivity contribution in [1.29, 1.82) is 0 Å². The predicted molar refractivity (Wildman–Crippen MR) is 169 cm³/mol. The number of nitrogens with one attached hydrogen (secondary N) is 2. The summed E-state index contributed by atoms with van der Waals surface area (Å²) in [6.45, 7) is 1.81. The number of hydrogen-bond donors (Lipinski definition) is 2. The number of aromatic nitrogens is 1. The van der Waals surface area contributed by atoms with Gasteiger partial charge in [0, 0.05) is 27.3 Å².